The molecule has 0 spiro atoms. The van der Waals surface area contributed by atoms with E-state index >= 15 is 8.78 Å². The van der Waals surface area contributed by atoms with E-state index in [9.17, 15) is 14.0 Å². The van der Waals surface area contributed by atoms with Crippen LogP contribution in [0.15, 0.2) is 42.7 Å². The molecular formula is C30H32F3N5O3. The molecule has 3 atom stereocenters. The van der Waals surface area contributed by atoms with Crippen LogP contribution in [-0.2, 0) is 4.79 Å². The molecule has 8 nitrogen and oxygen atoms in total. The van der Waals surface area contributed by atoms with E-state index in [1.165, 1.54) is 6.20 Å². The summed E-state index contributed by atoms with van der Waals surface area (Å²) in [5, 5.41) is 2.78. The molecular weight excluding hydrogens is 535 g/mol. The normalized spacial score (nSPS) is 20.8. The number of hydrogen-bond donors (Lipinski definition) is 2. The highest BCUT2D eigenvalue weighted by molar-refractivity contribution is 6.03. The highest BCUT2D eigenvalue weighted by atomic mass is 19.1. The maximum atomic E-state index is 15.1. The van der Waals surface area contributed by atoms with E-state index in [1.807, 2.05) is 6.07 Å². The van der Waals surface area contributed by atoms with Crippen LogP contribution in [0.3, 0.4) is 0 Å². The average Bonchev–Trinajstić information content (AvgIpc) is 3.33. The minimum absolute atomic E-state index is 0.0133. The van der Waals surface area contributed by atoms with Crippen LogP contribution in [0.5, 0.6) is 5.75 Å². The van der Waals surface area contributed by atoms with Gasteiger partial charge in [-0.1, -0.05) is 6.92 Å². The fourth-order valence-corrected chi connectivity index (χ4v) is 5.78. The summed E-state index contributed by atoms with van der Waals surface area (Å²) in [5.41, 5.74) is 6.03. The Morgan fingerprint density at radius 1 is 1.12 bits per heavy atom. The summed E-state index contributed by atoms with van der Waals surface area (Å²) in [6, 6.07) is 5.84. The molecule has 3 aromatic rings. The van der Waals surface area contributed by atoms with Crippen LogP contribution >= 0.6 is 0 Å². The Bertz CT molecular complexity index is 1420. The number of carbonyl (C=O) groups is 2. The standard InChI is InChI=1S/C30H32F3N5O3/c1-17-11-18(13-19(34)12-17)21-6-7-35-16-26(21)37-30(40)25-5-4-22(31)29(36-25)28-23(32)14-20(15-24(28)33)41-10-9-38-8-2-3-27(38)39/h4-7,14-19H,2-3,8-13,34H2,1H3,(H,37,40)/t17-,18+,19+/m0/s1. The number of benzene rings is 1. The third-order valence-electron chi connectivity index (χ3n) is 7.65. The zero-order valence-electron chi connectivity index (χ0n) is 22.7. The lowest BCUT2D eigenvalue weighted by Crippen LogP contribution is -2.31. The van der Waals surface area contributed by atoms with Crippen LogP contribution in [0.4, 0.5) is 18.9 Å². The second-order valence-corrected chi connectivity index (χ2v) is 10.8. The van der Waals surface area contributed by atoms with E-state index < -0.39 is 34.6 Å². The van der Waals surface area contributed by atoms with Gasteiger partial charge in [0.1, 0.15) is 41.2 Å². The van der Waals surface area contributed by atoms with Crippen LogP contribution in [0, 0.1) is 23.4 Å². The van der Waals surface area contributed by atoms with Crippen molar-refractivity contribution in [2.24, 2.45) is 11.7 Å². The predicted molar refractivity (Wildman–Crippen MR) is 147 cm³/mol. The van der Waals surface area contributed by atoms with E-state index in [-0.39, 0.29) is 35.9 Å². The fraction of sp³-hybridized carbons (Fsp3) is 0.400. The van der Waals surface area contributed by atoms with E-state index in [0.717, 1.165) is 55.5 Å². The summed E-state index contributed by atoms with van der Waals surface area (Å²) in [7, 11) is 0. The second-order valence-electron chi connectivity index (χ2n) is 10.8. The Balaban J connectivity index is 1.33. The van der Waals surface area contributed by atoms with Crippen molar-refractivity contribution >= 4 is 17.5 Å². The van der Waals surface area contributed by atoms with Gasteiger partial charge in [-0.25, -0.2) is 18.2 Å². The minimum Gasteiger partial charge on any atom is -0.492 e. The number of rotatable bonds is 8. The molecule has 3 N–H and O–H groups in total. The maximum Gasteiger partial charge on any atom is 0.274 e. The molecule has 2 aromatic heterocycles. The molecule has 2 amide bonds. The molecule has 1 aliphatic carbocycles. The van der Waals surface area contributed by atoms with Gasteiger partial charge in [0.05, 0.1) is 24.0 Å². The molecule has 1 aromatic carbocycles. The number of likely N-dealkylation sites (tertiary alicyclic amines) is 1. The van der Waals surface area contributed by atoms with Crippen molar-refractivity contribution < 1.29 is 27.5 Å². The molecule has 0 unspecified atom stereocenters. The molecule has 216 valence electrons. The predicted octanol–water partition coefficient (Wildman–Crippen LogP) is 5.05. The topological polar surface area (TPSA) is 110 Å². The Labute approximate surface area is 236 Å². The van der Waals surface area contributed by atoms with Crippen LogP contribution in [0.1, 0.15) is 61.0 Å². The van der Waals surface area contributed by atoms with Crippen LogP contribution < -0.4 is 15.8 Å². The minimum atomic E-state index is -1.10. The number of nitrogens with two attached hydrogens (primary N) is 1. The number of nitrogens with one attached hydrogen (secondary N) is 1. The summed E-state index contributed by atoms with van der Waals surface area (Å²) in [6.07, 6.45) is 7.04. The van der Waals surface area contributed by atoms with E-state index in [2.05, 4.69) is 22.2 Å². The van der Waals surface area contributed by atoms with Crippen molar-refractivity contribution in [1.82, 2.24) is 14.9 Å². The first-order valence-corrected chi connectivity index (χ1v) is 13.8. The van der Waals surface area contributed by atoms with Gasteiger partial charge in [-0.05, 0) is 61.3 Å². The fourth-order valence-electron chi connectivity index (χ4n) is 5.78. The summed E-state index contributed by atoms with van der Waals surface area (Å²) in [5.74, 6) is -3.40. The summed E-state index contributed by atoms with van der Waals surface area (Å²) in [6.45, 7) is 3.11. The summed E-state index contributed by atoms with van der Waals surface area (Å²) >= 11 is 0. The quantitative estimate of drug-likeness (QED) is 0.395. The van der Waals surface area contributed by atoms with Crippen LogP contribution in [-0.4, -0.2) is 52.4 Å². The monoisotopic (exact) mass is 567 g/mol. The van der Waals surface area contributed by atoms with Gasteiger partial charge in [-0.2, -0.15) is 0 Å². The molecule has 0 radical (unpaired) electrons. The lowest BCUT2D eigenvalue weighted by molar-refractivity contribution is -0.128. The first kappa shape index (κ1) is 28.5. The van der Waals surface area contributed by atoms with Crippen LogP contribution in [0.2, 0.25) is 0 Å². The molecule has 1 saturated heterocycles. The van der Waals surface area contributed by atoms with Crippen molar-refractivity contribution in [1.29, 1.82) is 0 Å². The SMILES string of the molecule is C[C@@H]1C[C@@H](N)C[C@H](c2ccncc2NC(=O)c2ccc(F)c(-c3c(F)cc(OCCN4CCCC4=O)cc3F)n2)C1. The number of carbonyl (C=O) groups excluding carboxylic acids is 2. The molecule has 0 bridgehead atoms. The van der Waals surface area contributed by atoms with Gasteiger partial charge in [-0.3, -0.25) is 14.6 Å². The third-order valence-corrected chi connectivity index (χ3v) is 7.65. The molecule has 11 heteroatoms. The molecule has 41 heavy (non-hydrogen) atoms. The van der Waals surface area contributed by atoms with Crippen molar-refractivity contribution in [2.45, 2.75) is 51.0 Å². The number of amides is 2. The zero-order valence-corrected chi connectivity index (χ0v) is 22.7. The molecule has 5 rings (SSSR count). The largest absolute Gasteiger partial charge is 0.492 e. The summed E-state index contributed by atoms with van der Waals surface area (Å²) in [4.78, 5) is 34.6. The number of pyridine rings is 2. The van der Waals surface area contributed by atoms with Crippen molar-refractivity contribution in [3.8, 4) is 17.0 Å². The molecule has 2 fully saturated rings. The first-order chi connectivity index (χ1) is 19.7. The average molecular weight is 568 g/mol. The lowest BCUT2D eigenvalue weighted by Gasteiger charge is -2.32. The molecule has 3 heterocycles. The Morgan fingerprint density at radius 3 is 2.61 bits per heavy atom. The smallest absolute Gasteiger partial charge is 0.274 e. The zero-order chi connectivity index (χ0) is 29.1. The third kappa shape index (κ3) is 6.51. The van der Waals surface area contributed by atoms with Gasteiger partial charge in [0.25, 0.3) is 5.91 Å². The second kappa shape index (κ2) is 12.3. The van der Waals surface area contributed by atoms with E-state index in [0.29, 0.717) is 31.1 Å². The van der Waals surface area contributed by atoms with Gasteiger partial charge in [0, 0.05) is 37.3 Å². The Hall–Kier alpha value is -3.99. The van der Waals surface area contributed by atoms with Crippen molar-refractivity contribution in [3.63, 3.8) is 0 Å². The van der Waals surface area contributed by atoms with Crippen LogP contribution in [0.25, 0.3) is 11.3 Å². The maximum absolute atomic E-state index is 15.1. The summed E-state index contributed by atoms with van der Waals surface area (Å²) < 4.78 is 50.3. The van der Waals surface area contributed by atoms with Gasteiger partial charge < -0.3 is 20.7 Å². The number of anilines is 1. The highest BCUT2D eigenvalue weighted by Crippen LogP contribution is 2.38. The van der Waals surface area contributed by atoms with Gasteiger partial charge in [-0.15, -0.1) is 0 Å². The molecule has 2 aliphatic rings. The van der Waals surface area contributed by atoms with E-state index in [4.69, 9.17) is 10.5 Å². The van der Waals surface area contributed by atoms with Crippen molar-refractivity contribution in [2.75, 3.05) is 25.0 Å². The number of halogens is 3. The van der Waals surface area contributed by atoms with Gasteiger partial charge >= 0.3 is 0 Å². The highest BCUT2D eigenvalue weighted by Gasteiger charge is 2.28. The Morgan fingerprint density at radius 2 is 1.90 bits per heavy atom. The van der Waals surface area contributed by atoms with Crippen molar-refractivity contribution in [3.05, 3.63) is 71.4 Å². The Kier molecular flexibility index (Phi) is 8.53. The molecule has 1 aliphatic heterocycles. The molecule has 1 saturated carbocycles. The lowest BCUT2D eigenvalue weighted by atomic mass is 9.76. The number of nitrogens with zero attached hydrogens (tertiary/aromatic N) is 3. The number of aromatic nitrogens is 2. The first-order valence-electron chi connectivity index (χ1n) is 13.8. The van der Waals surface area contributed by atoms with Gasteiger partial charge in [0.15, 0.2) is 0 Å². The van der Waals surface area contributed by atoms with Gasteiger partial charge in [0.2, 0.25) is 5.91 Å². The van der Waals surface area contributed by atoms with E-state index in [1.54, 1.807) is 11.1 Å². The number of hydrogen-bond acceptors (Lipinski definition) is 6. The number of ether oxygens (including phenoxy) is 1.